The minimum atomic E-state index is -5.08. The van der Waals surface area contributed by atoms with Gasteiger partial charge < -0.3 is 14.9 Å². The van der Waals surface area contributed by atoms with Crippen LogP contribution in [0, 0.1) is 11.6 Å². The van der Waals surface area contributed by atoms with Gasteiger partial charge >= 0.3 is 47.8 Å². The van der Waals surface area contributed by atoms with E-state index in [9.17, 15) is 86.7 Å². The number of thioether (sulfide) groups is 2. The van der Waals surface area contributed by atoms with Crippen molar-refractivity contribution in [1.29, 1.82) is 0 Å². The molecule has 0 unspecified atom stereocenters. The summed E-state index contributed by atoms with van der Waals surface area (Å²) in [7, 11) is 1.55. The maximum absolute atomic E-state index is 14.7. The van der Waals surface area contributed by atoms with E-state index in [0.717, 1.165) is 65.6 Å². The predicted molar refractivity (Wildman–Crippen MR) is 242 cm³/mol. The molecule has 0 aliphatic carbocycles. The molecule has 2 fully saturated rings. The van der Waals surface area contributed by atoms with Gasteiger partial charge in [-0.15, -0.1) is 0 Å². The summed E-state index contributed by atoms with van der Waals surface area (Å²) >= 11 is 13.8. The number of carbonyl (C=O) groups is 5. The summed E-state index contributed by atoms with van der Waals surface area (Å²) in [6.45, 7) is 0.531. The van der Waals surface area contributed by atoms with Crippen molar-refractivity contribution in [2.24, 2.45) is 24.1 Å². The van der Waals surface area contributed by atoms with Gasteiger partial charge in [-0.25, -0.2) is 42.3 Å². The second-order valence-electron chi connectivity index (χ2n) is 13.9. The number of carboxylic acids is 2. The van der Waals surface area contributed by atoms with E-state index < -0.39 is 118 Å². The van der Waals surface area contributed by atoms with Gasteiger partial charge in [-0.2, -0.15) is 39.5 Å². The molecule has 402 valence electrons. The molecule has 6 rings (SSSR count). The van der Waals surface area contributed by atoms with Crippen molar-refractivity contribution in [3.05, 3.63) is 111 Å². The summed E-state index contributed by atoms with van der Waals surface area (Å²) in [6, 6.07) is 3.42. The largest absolute Gasteiger partial charge is 0.490 e. The lowest BCUT2D eigenvalue weighted by Gasteiger charge is -2.16. The van der Waals surface area contributed by atoms with Crippen molar-refractivity contribution in [1.82, 2.24) is 28.1 Å². The first kappa shape index (κ1) is 61.3. The van der Waals surface area contributed by atoms with Crippen molar-refractivity contribution < 1.29 is 87.2 Å². The fourth-order valence-electron chi connectivity index (χ4n) is 5.76. The van der Waals surface area contributed by atoms with Gasteiger partial charge in [0.05, 0.1) is 50.9 Å². The van der Waals surface area contributed by atoms with Gasteiger partial charge in [0.1, 0.15) is 36.1 Å². The molecule has 35 heteroatoms. The normalized spacial score (nSPS) is 14.9. The summed E-state index contributed by atoms with van der Waals surface area (Å²) in [4.78, 5) is 115. The molecule has 0 radical (unpaired) electrons. The average molecular weight is 1150 g/mol. The molecule has 0 atom stereocenters. The third kappa shape index (κ3) is 14.4. The van der Waals surface area contributed by atoms with E-state index in [2.05, 4.69) is 9.98 Å². The van der Waals surface area contributed by atoms with E-state index in [1.807, 2.05) is 0 Å². The molecule has 20 nitrogen and oxygen atoms in total. The van der Waals surface area contributed by atoms with E-state index in [-0.39, 0.29) is 87.7 Å². The fraction of sp³-hybridized carbons (Fsp3) is 0.308. The number of rotatable bonds is 9. The molecule has 0 bridgehead atoms. The Morgan fingerprint density at radius 3 is 1.31 bits per heavy atom. The number of carbonyl (C=O) groups excluding carboxylic acids is 3. The Morgan fingerprint density at radius 2 is 1.00 bits per heavy atom. The molecular weight excluding hydrogens is 1120 g/mol. The van der Waals surface area contributed by atoms with Gasteiger partial charge in [0.2, 0.25) is 11.8 Å². The van der Waals surface area contributed by atoms with Gasteiger partial charge in [0, 0.05) is 26.2 Å². The Hall–Kier alpha value is -7.00. The number of aromatic nitrogens is 4. The van der Waals surface area contributed by atoms with Gasteiger partial charge in [0.25, 0.3) is 11.1 Å². The number of nitrogens with zero attached hydrogens (tertiary/aromatic N) is 8. The third-order valence-electron chi connectivity index (χ3n) is 9.01. The van der Waals surface area contributed by atoms with Crippen LogP contribution < -0.4 is 22.5 Å². The zero-order valence-electron chi connectivity index (χ0n) is 36.3. The molecule has 74 heavy (non-hydrogen) atoms. The van der Waals surface area contributed by atoms with Crippen LogP contribution in [0.2, 0.25) is 10.0 Å². The van der Waals surface area contributed by atoms with Crippen LogP contribution in [-0.4, -0.2) is 116 Å². The molecule has 2 amide bonds. The molecule has 2 aliphatic rings. The average Bonchev–Trinajstić information content (AvgIpc) is 3.78. The number of aliphatic imine (C=N–C) groups is 2. The number of hydrogen-bond acceptors (Lipinski definition) is 14. The number of hydrogen-bond donors (Lipinski definition) is 2. The Kier molecular flexibility index (Phi) is 19.8. The lowest BCUT2D eigenvalue weighted by molar-refractivity contribution is -0.192. The number of carboxylic acid groups (broad SMARTS) is 2. The number of amidine groups is 2. The summed E-state index contributed by atoms with van der Waals surface area (Å²) in [5, 5.41) is 15.4. The van der Waals surface area contributed by atoms with E-state index in [1.54, 1.807) is 6.92 Å². The highest BCUT2D eigenvalue weighted by Gasteiger charge is 2.39. The summed E-state index contributed by atoms with van der Waals surface area (Å²) in [6.07, 6.45) is -15.1. The highest BCUT2D eigenvalue weighted by atomic mass is 35.5. The van der Waals surface area contributed by atoms with Crippen LogP contribution in [0.4, 0.5) is 59.7 Å². The highest BCUT2D eigenvalue weighted by molar-refractivity contribution is 8.15. The molecule has 2 saturated heterocycles. The van der Waals surface area contributed by atoms with Crippen molar-refractivity contribution in [3.8, 4) is 11.4 Å². The van der Waals surface area contributed by atoms with E-state index in [4.69, 9.17) is 42.9 Å². The first-order valence-corrected chi connectivity index (χ1v) is 21.8. The number of halogens is 13. The number of esters is 1. The molecule has 4 aromatic rings. The lowest BCUT2D eigenvalue weighted by atomic mass is 10.2. The molecule has 0 spiro atoms. The number of benzene rings is 2. The number of aliphatic carboxylic acids is 2. The first-order chi connectivity index (χ1) is 33.6. The van der Waals surface area contributed by atoms with E-state index in [0.29, 0.717) is 6.07 Å². The zero-order valence-corrected chi connectivity index (χ0v) is 39.4. The second-order valence-corrected chi connectivity index (χ2v) is 16.6. The van der Waals surface area contributed by atoms with Crippen molar-refractivity contribution >= 4 is 98.2 Å². The predicted octanol–water partition coefficient (Wildman–Crippen LogP) is 5.74. The summed E-state index contributed by atoms with van der Waals surface area (Å²) < 4.78 is 145. The topological polar surface area (TPSA) is 254 Å². The van der Waals surface area contributed by atoms with Gasteiger partial charge in [-0.1, -0.05) is 54.2 Å². The van der Waals surface area contributed by atoms with Crippen molar-refractivity contribution in [2.75, 3.05) is 31.2 Å². The monoisotopic (exact) mass is 1150 g/mol. The minimum absolute atomic E-state index is 0. The molecule has 2 aliphatic heterocycles. The van der Waals surface area contributed by atoms with Gasteiger partial charge in [-0.05, 0) is 31.2 Å². The number of alkyl halides is 9. The minimum Gasteiger partial charge on any atom is -0.480 e. The highest BCUT2D eigenvalue weighted by Crippen LogP contribution is 2.35. The van der Waals surface area contributed by atoms with Crippen LogP contribution in [0.3, 0.4) is 0 Å². The molecule has 2 aromatic carbocycles. The summed E-state index contributed by atoms with van der Waals surface area (Å²) in [5.41, 5.74) is -10.7. The van der Waals surface area contributed by atoms with Crippen molar-refractivity contribution in [3.63, 3.8) is 0 Å². The third-order valence-corrected chi connectivity index (χ3v) is 11.5. The van der Waals surface area contributed by atoms with Gasteiger partial charge in [-0.3, -0.25) is 47.7 Å². The SMILES string of the molecule is C.CCOC(=O)CN1C(=O)CSC1=Nc1cc(-n2c(=O)cc(C(F)(F)F)n(C)c2=O)c(F)cc1Cl.Cn1c(C(F)(F)F)cc(=O)n(-c2cc(N=C3SCC(=O)N3CC(=O)O)c(Cl)cc2F)c1=O.O=C(O)C(F)(F)F. The second kappa shape index (κ2) is 23.9. The van der Waals surface area contributed by atoms with Crippen LogP contribution in [0.15, 0.2) is 65.6 Å². The summed E-state index contributed by atoms with van der Waals surface area (Å²) in [5.74, 6) is -8.32. The Bertz CT molecular complexity index is 3230. The van der Waals surface area contributed by atoms with Crippen LogP contribution in [-0.2, 0) is 55.2 Å². The maximum atomic E-state index is 14.7. The van der Waals surface area contributed by atoms with E-state index >= 15 is 0 Å². The van der Waals surface area contributed by atoms with Crippen LogP contribution >= 0.6 is 46.7 Å². The van der Waals surface area contributed by atoms with Crippen LogP contribution in [0.5, 0.6) is 0 Å². The Morgan fingerprint density at radius 1 is 0.649 bits per heavy atom. The van der Waals surface area contributed by atoms with Crippen LogP contribution in [0.25, 0.3) is 11.4 Å². The van der Waals surface area contributed by atoms with Crippen LogP contribution in [0.1, 0.15) is 25.7 Å². The fourth-order valence-corrected chi connectivity index (χ4v) is 7.93. The molecular formula is C39H31Cl2F11N8O12S2. The quantitative estimate of drug-likeness (QED) is 0.150. The standard InChI is InChI=1S/C19H15ClF4N4O5S.C17H11ClF4N4O5S.C2HF3O2.CH4/c1-3-33-16(31)7-27-15(30)8-34-17(27)25-11-5-12(10(21)4-9(11)20)28-14(29)6-13(19(22,23)24)26(2)18(28)32;1-24-11(17(20,21)22)4-12(27)26(16(24)31)10-3-9(7(18)2-8(10)19)23-15-25(5-14(29)30)13(28)6-32-15;3-2(4,5)1(6)7;/h4-6H,3,7-8H2,1-2H3;2-4H,5-6H2,1H3,(H,29,30);(H,6,7);1H4. The maximum Gasteiger partial charge on any atom is 0.490 e. The Balaban J connectivity index is 0.000000342. The molecule has 4 heterocycles. The lowest BCUT2D eigenvalue weighted by Crippen LogP contribution is -2.41. The smallest absolute Gasteiger partial charge is 0.480 e. The van der Waals surface area contributed by atoms with E-state index in [1.165, 1.54) is 0 Å². The molecule has 2 aromatic heterocycles. The van der Waals surface area contributed by atoms with Gasteiger partial charge in [0.15, 0.2) is 10.3 Å². The Labute approximate surface area is 422 Å². The zero-order chi connectivity index (χ0) is 55.4. The first-order valence-electron chi connectivity index (χ1n) is 19.1. The van der Waals surface area contributed by atoms with Crippen molar-refractivity contribution in [2.45, 2.75) is 32.9 Å². The molecule has 2 N–H and O–H groups in total. The number of amides is 2. The number of ether oxygens (including phenoxy) is 1. The molecule has 0 saturated carbocycles.